The zero-order chi connectivity index (χ0) is 55.7. The highest BCUT2D eigenvalue weighted by molar-refractivity contribution is 5.76. The molecule has 0 aliphatic rings. The zero-order valence-electron chi connectivity index (χ0n) is 52.5. The van der Waals surface area contributed by atoms with Crippen LogP contribution in [0.1, 0.15) is 406 Å². The van der Waals surface area contributed by atoms with Crippen LogP contribution in [0, 0.1) is 0 Å². The number of esters is 1. The fraction of sp³-hybridized carbons (Fsp3) is 0.944. The molecule has 0 aromatic rings. The van der Waals surface area contributed by atoms with Gasteiger partial charge in [-0.1, -0.05) is 360 Å². The number of rotatable bonds is 67. The Morgan fingerprint density at radius 3 is 0.961 bits per heavy atom. The van der Waals surface area contributed by atoms with Gasteiger partial charge in [0.1, 0.15) is 0 Å². The minimum atomic E-state index is -0.664. The molecule has 0 aromatic carbocycles. The van der Waals surface area contributed by atoms with Crippen molar-refractivity contribution in [1.82, 2.24) is 5.32 Å². The highest BCUT2D eigenvalue weighted by Crippen LogP contribution is 2.19. The Morgan fingerprint density at radius 1 is 0.351 bits per heavy atom. The predicted octanol–water partition coefficient (Wildman–Crippen LogP) is 22.8. The molecule has 6 nitrogen and oxygen atoms in total. The van der Waals surface area contributed by atoms with Gasteiger partial charge in [-0.3, -0.25) is 9.59 Å². The van der Waals surface area contributed by atoms with E-state index in [9.17, 15) is 19.8 Å². The van der Waals surface area contributed by atoms with Crippen LogP contribution in [0.15, 0.2) is 12.2 Å². The number of hydrogen-bond donors (Lipinski definition) is 3. The third-order valence-corrected chi connectivity index (χ3v) is 16.8. The number of nitrogens with one attached hydrogen (secondary N) is 1. The minimum absolute atomic E-state index is 0.00635. The molecule has 3 N–H and O–H groups in total. The van der Waals surface area contributed by atoms with Crippen molar-refractivity contribution in [2.45, 2.75) is 418 Å². The van der Waals surface area contributed by atoms with Crippen LogP contribution in [0.3, 0.4) is 0 Å². The molecule has 0 aliphatic heterocycles. The molecule has 458 valence electrons. The highest BCUT2D eigenvalue weighted by Gasteiger charge is 2.20. The lowest BCUT2D eigenvalue weighted by atomic mass is 10.0. The average Bonchev–Trinajstić information content (AvgIpc) is 3.43. The molecule has 0 spiro atoms. The first kappa shape index (κ1) is 75.6. The van der Waals surface area contributed by atoms with Crippen LogP contribution in [0.2, 0.25) is 0 Å². The van der Waals surface area contributed by atoms with E-state index in [0.29, 0.717) is 25.9 Å². The summed E-state index contributed by atoms with van der Waals surface area (Å²) in [6.45, 7) is 4.96. The molecule has 2 atom stereocenters. The lowest BCUT2D eigenvalue weighted by molar-refractivity contribution is -0.143. The van der Waals surface area contributed by atoms with Crippen LogP contribution >= 0.6 is 0 Å². The topological polar surface area (TPSA) is 95.9 Å². The lowest BCUT2D eigenvalue weighted by Crippen LogP contribution is -2.45. The number of aliphatic hydroxyl groups is 2. The first-order valence-electron chi connectivity index (χ1n) is 35.4. The van der Waals surface area contributed by atoms with Crippen molar-refractivity contribution in [3.8, 4) is 0 Å². The first-order valence-corrected chi connectivity index (χ1v) is 35.4. The summed E-state index contributed by atoms with van der Waals surface area (Å²) in [5.41, 5.74) is 0. The summed E-state index contributed by atoms with van der Waals surface area (Å²) in [7, 11) is 0. The standard InChI is InChI=1S/C71H139NO5/c1-3-5-7-9-11-13-15-16-17-18-19-20-21-25-28-31-34-37-40-44-47-51-55-59-63-69(74)68(67-73)72-70(75)64-60-56-52-48-45-41-38-35-32-29-26-23-22-24-27-30-33-36-39-42-46-50-54-58-62-66-77-71(76)65-61-57-53-49-43-14-12-10-8-6-4-2/h10,12,68-69,73-74H,3-9,11,13-67H2,1-2H3,(H,72,75)/b12-10-. The zero-order valence-corrected chi connectivity index (χ0v) is 52.5. The number of hydrogen-bond acceptors (Lipinski definition) is 5. The van der Waals surface area contributed by atoms with Gasteiger partial charge < -0.3 is 20.3 Å². The summed E-state index contributed by atoms with van der Waals surface area (Å²) in [6, 6.07) is -0.541. The summed E-state index contributed by atoms with van der Waals surface area (Å²) in [4.78, 5) is 24.6. The molecule has 0 fully saturated rings. The largest absolute Gasteiger partial charge is 0.466 e. The van der Waals surface area contributed by atoms with E-state index in [0.717, 1.165) is 44.9 Å². The van der Waals surface area contributed by atoms with E-state index >= 15 is 0 Å². The van der Waals surface area contributed by atoms with Gasteiger partial charge in [0.05, 0.1) is 25.4 Å². The molecule has 0 saturated carbocycles. The first-order chi connectivity index (χ1) is 38.0. The molecule has 0 radical (unpaired) electrons. The monoisotopic (exact) mass is 1090 g/mol. The summed E-state index contributed by atoms with van der Waals surface area (Å²) in [5, 5.41) is 23.4. The number of carbonyl (C=O) groups is 2. The Labute approximate surface area is 482 Å². The maximum absolute atomic E-state index is 12.6. The van der Waals surface area contributed by atoms with Gasteiger partial charge in [0.2, 0.25) is 5.91 Å². The number of unbranched alkanes of at least 4 members (excludes halogenated alkanes) is 54. The van der Waals surface area contributed by atoms with Gasteiger partial charge in [0.15, 0.2) is 0 Å². The van der Waals surface area contributed by atoms with E-state index in [1.54, 1.807) is 0 Å². The van der Waals surface area contributed by atoms with Crippen molar-refractivity contribution >= 4 is 11.9 Å². The van der Waals surface area contributed by atoms with Crippen molar-refractivity contribution < 1.29 is 24.5 Å². The summed E-state index contributed by atoms with van der Waals surface area (Å²) < 4.78 is 5.47. The summed E-state index contributed by atoms with van der Waals surface area (Å²) >= 11 is 0. The van der Waals surface area contributed by atoms with Gasteiger partial charge in [-0.05, 0) is 44.9 Å². The van der Waals surface area contributed by atoms with Gasteiger partial charge in [0.25, 0.3) is 0 Å². The van der Waals surface area contributed by atoms with Crippen LogP contribution in [-0.2, 0) is 14.3 Å². The average molecular weight is 1090 g/mol. The van der Waals surface area contributed by atoms with Crippen LogP contribution in [0.4, 0.5) is 0 Å². The molecule has 1 amide bonds. The van der Waals surface area contributed by atoms with Crippen molar-refractivity contribution in [1.29, 1.82) is 0 Å². The molecular formula is C71H139NO5. The van der Waals surface area contributed by atoms with E-state index in [1.165, 1.54) is 327 Å². The van der Waals surface area contributed by atoms with E-state index in [1.807, 2.05) is 0 Å². The van der Waals surface area contributed by atoms with E-state index in [-0.39, 0.29) is 18.5 Å². The Bertz CT molecular complexity index is 1160. The number of ether oxygens (including phenoxy) is 1. The highest BCUT2D eigenvalue weighted by atomic mass is 16.5. The second-order valence-electron chi connectivity index (χ2n) is 24.6. The van der Waals surface area contributed by atoms with Crippen molar-refractivity contribution in [2.24, 2.45) is 0 Å². The molecule has 77 heavy (non-hydrogen) atoms. The van der Waals surface area contributed by atoms with Gasteiger partial charge in [-0.15, -0.1) is 0 Å². The lowest BCUT2D eigenvalue weighted by Gasteiger charge is -2.22. The van der Waals surface area contributed by atoms with Gasteiger partial charge >= 0.3 is 5.97 Å². The molecular weight excluding hydrogens is 947 g/mol. The fourth-order valence-corrected chi connectivity index (χ4v) is 11.4. The smallest absolute Gasteiger partial charge is 0.305 e. The van der Waals surface area contributed by atoms with E-state index < -0.39 is 12.1 Å². The number of allylic oxidation sites excluding steroid dienone is 2. The van der Waals surface area contributed by atoms with Crippen molar-refractivity contribution in [2.75, 3.05) is 13.2 Å². The molecule has 0 heterocycles. The molecule has 6 heteroatoms. The second-order valence-corrected chi connectivity index (χ2v) is 24.6. The summed E-state index contributed by atoms with van der Waals surface area (Å²) in [5.74, 6) is -0.0216. The maximum atomic E-state index is 12.6. The van der Waals surface area contributed by atoms with E-state index in [4.69, 9.17) is 4.74 Å². The minimum Gasteiger partial charge on any atom is -0.466 e. The van der Waals surface area contributed by atoms with E-state index in [2.05, 4.69) is 31.3 Å². The predicted molar refractivity (Wildman–Crippen MR) is 338 cm³/mol. The van der Waals surface area contributed by atoms with Crippen molar-refractivity contribution in [3.63, 3.8) is 0 Å². The Morgan fingerprint density at radius 2 is 0.623 bits per heavy atom. The van der Waals surface area contributed by atoms with Gasteiger partial charge in [0, 0.05) is 12.8 Å². The number of aliphatic hydroxyl groups excluding tert-OH is 2. The van der Waals surface area contributed by atoms with Gasteiger partial charge in [-0.2, -0.15) is 0 Å². The molecule has 2 unspecified atom stereocenters. The molecule has 0 rings (SSSR count). The van der Waals surface area contributed by atoms with Crippen molar-refractivity contribution in [3.05, 3.63) is 12.2 Å². The normalized spacial score (nSPS) is 12.5. The van der Waals surface area contributed by atoms with Crippen LogP contribution in [0.25, 0.3) is 0 Å². The van der Waals surface area contributed by atoms with Gasteiger partial charge in [-0.25, -0.2) is 0 Å². The third kappa shape index (κ3) is 63.6. The Hall–Kier alpha value is -1.40. The third-order valence-electron chi connectivity index (χ3n) is 16.8. The molecule has 0 aliphatic carbocycles. The number of carbonyl (C=O) groups excluding carboxylic acids is 2. The summed E-state index contributed by atoms with van der Waals surface area (Å²) in [6.07, 6.45) is 82.6. The number of amides is 1. The molecule has 0 aromatic heterocycles. The quantitative estimate of drug-likeness (QED) is 0.0320. The fourth-order valence-electron chi connectivity index (χ4n) is 11.4. The molecule has 0 saturated heterocycles. The van der Waals surface area contributed by atoms with Crippen LogP contribution in [0.5, 0.6) is 0 Å². The van der Waals surface area contributed by atoms with Crippen LogP contribution in [-0.4, -0.2) is 47.4 Å². The van der Waals surface area contributed by atoms with Crippen LogP contribution < -0.4 is 5.32 Å². The SMILES string of the molecule is CCCC/C=C\CCCCCCCC(=O)OCCCCCCCCCCCCCCCCCCCCCCCCCCCC(=O)NC(CO)C(O)CCCCCCCCCCCCCCCCCCCCCCCCCC. The Kier molecular flexibility index (Phi) is 65.9. The molecule has 0 bridgehead atoms. The second kappa shape index (κ2) is 67.1. The maximum Gasteiger partial charge on any atom is 0.305 e. The Balaban J connectivity index is 3.36.